The first kappa shape index (κ1) is 19.0. The quantitative estimate of drug-likeness (QED) is 0.772. The SMILES string of the molecule is C[C@H](NC(=O)c1ccccc1)C(=O)OCC(=O)N[C@@H]1CCCC[C@H]1C. The van der Waals surface area contributed by atoms with Crippen LogP contribution in [0.5, 0.6) is 0 Å². The predicted molar refractivity (Wildman–Crippen MR) is 93.9 cm³/mol. The van der Waals surface area contributed by atoms with E-state index in [4.69, 9.17) is 4.74 Å². The molecule has 0 aromatic heterocycles. The fourth-order valence-corrected chi connectivity index (χ4v) is 2.97. The number of amides is 2. The maximum absolute atomic E-state index is 12.0. The van der Waals surface area contributed by atoms with Crippen molar-refractivity contribution in [3.63, 3.8) is 0 Å². The van der Waals surface area contributed by atoms with Crippen LogP contribution in [-0.4, -0.2) is 36.5 Å². The summed E-state index contributed by atoms with van der Waals surface area (Å²) in [4.78, 5) is 35.9. The van der Waals surface area contributed by atoms with E-state index in [0.717, 1.165) is 19.3 Å². The third-order valence-electron chi connectivity index (χ3n) is 4.54. The highest BCUT2D eigenvalue weighted by atomic mass is 16.5. The van der Waals surface area contributed by atoms with Gasteiger partial charge in [-0.25, -0.2) is 4.79 Å². The Morgan fingerprint density at radius 3 is 2.52 bits per heavy atom. The molecular weight excluding hydrogens is 320 g/mol. The molecule has 1 saturated carbocycles. The van der Waals surface area contributed by atoms with Crippen molar-refractivity contribution >= 4 is 17.8 Å². The highest BCUT2D eigenvalue weighted by Crippen LogP contribution is 2.23. The standard InChI is InChI=1S/C19H26N2O4/c1-13-8-6-7-11-16(13)21-17(22)12-25-19(24)14(2)20-18(23)15-9-4-3-5-10-15/h3-5,9-10,13-14,16H,6-8,11-12H2,1-2H3,(H,20,23)(H,21,22)/t13-,14+,16-/m1/s1. The molecule has 0 aliphatic heterocycles. The van der Waals surface area contributed by atoms with Gasteiger partial charge < -0.3 is 15.4 Å². The Bertz CT molecular complexity index is 603. The monoisotopic (exact) mass is 346 g/mol. The zero-order valence-electron chi connectivity index (χ0n) is 14.8. The Hall–Kier alpha value is -2.37. The normalized spacial score (nSPS) is 21.0. The van der Waals surface area contributed by atoms with Crippen LogP contribution in [0.2, 0.25) is 0 Å². The summed E-state index contributed by atoms with van der Waals surface area (Å²) in [6.07, 6.45) is 4.37. The molecule has 1 fully saturated rings. The first-order chi connectivity index (χ1) is 12.0. The summed E-state index contributed by atoms with van der Waals surface area (Å²) in [7, 11) is 0. The summed E-state index contributed by atoms with van der Waals surface area (Å²) in [5.74, 6) is -0.840. The molecule has 136 valence electrons. The third kappa shape index (κ3) is 5.89. The summed E-state index contributed by atoms with van der Waals surface area (Å²) in [6, 6.07) is 7.94. The molecule has 0 radical (unpaired) electrons. The summed E-state index contributed by atoms with van der Waals surface area (Å²) >= 11 is 0. The fourth-order valence-electron chi connectivity index (χ4n) is 2.97. The molecule has 0 bridgehead atoms. The van der Waals surface area contributed by atoms with E-state index in [9.17, 15) is 14.4 Å². The van der Waals surface area contributed by atoms with E-state index < -0.39 is 12.0 Å². The average Bonchev–Trinajstić information content (AvgIpc) is 2.62. The van der Waals surface area contributed by atoms with Gasteiger partial charge in [-0.2, -0.15) is 0 Å². The molecule has 0 unspecified atom stereocenters. The van der Waals surface area contributed by atoms with Gasteiger partial charge in [0.15, 0.2) is 6.61 Å². The minimum atomic E-state index is -0.825. The number of esters is 1. The Labute approximate surface area is 148 Å². The second kappa shape index (κ2) is 9.20. The molecule has 25 heavy (non-hydrogen) atoms. The number of carbonyl (C=O) groups excluding carboxylic acids is 3. The van der Waals surface area contributed by atoms with E-state index in [2.05, 4.69) is 17.6 Å². The van der Waals surface area contributed by atoms with E-state index in [1.165, 1.54) is 13.3 Å². The van der Waals surface area contributed by atoms with Gasteiger partial charge in [0, 0.05) is 11.6 Å². The van der Waals surface area contributed by atoms with Gasteiger partial charge in [0.1, 0.15) is 6.04 Å². The highest BCUT2D eigenvalue weighted by molar-refractivity contribution is 5.96. The maximum atomic E-state index is 12.0. The molecule has 2 rings (SSSR count). The predicted octanol–water partition coefficient (Wildman–Crippen LogP) is 2.04. The van der Waals surface area contributed by atoms with Crippen molar-refractivity contribution in [3.8, 4) is 0 Å². The molecule has 6 heteroatoms. The van der Waals surface area contributed by atoms with Crippen molar-refractivity contribution in [1.82, 2.24) is 10.6 Å². The van der Waals surface area contributed by atoms with Gasteiger partial charge in [0.2, 0.25) is 0 Å². The van der Waals surface area contributed by atoms with Gasteiger partial charge in [0.25, 0.3) is 11.8 Å². The smallest absolute Gasteiger partial charge is 0.328 e. The van der Waals surface area contributed by atoms with Crippen molar-refractivity contribution in [3.05, 3.63) is 35.9 Å². The van der Waals surface area contributed by atoms with Crippen LogP contribution in [0.25, 0.3) is 0 Å². The molecule has 2 N–H and O–H groups in total. The number of carbonyl (C=O) groups is 3. The molecule has 1 aliphatic carbocycles. The lowest BCUT2D eigenvalue weighted by Gasteiger charge is -2.29. The number of hydrogen-bond donors (Lipinski definition) is 2. The second-order valence-electron chi connectivity index (χ2n) is 6.60. The van der Waals surface area contributed by atoms with Crippen LogP contribution >= 0.6 is 0 Å². The average molecular weight is 346 g/mol. The lowest BCUT2D eigenvalue weighted by molar-refractivity contribution is -0.150. The van der Waals surface area contributed by atoms with Crippen molar-refractivity contribution in [2.45, 2.75) is 51.6 Å². The zero-order chi connectivity index (χ0) is 18.2. The molecule has 2 amide bonds. The second-order valence-corrected chi connectivity index (χ2v) is 6.60. The number of nitrogens with one attached hydrogen (secondary N) is 2. The van der Waals surface area contributed by atoms with Gasteiger partial charge in [-0.15, -0.1) is 0 Å². The fraction of sp³-hybridized carbons (Fsp3) is 0.526. The minimum absolute atomic E-state index is 0.148. The number of benzene rings is 1. The van der Waals surface area contributed by atoms with E-state index >= 15 is 0 Å². The minimum Gasteiger partial charge on any atom is -0.454 e. The topological polar surface area (TPSA) is 84.5 Å². The molecule has 0 heterocycles. The van der Waals surface area contributed by atoms with Crippen LogP contribution in [0, 0.1) is 5.92 Å². The first-order valence-electron chi connectivity index (χ1n) is 8.79. The van der Waals surface area contributed by atoms with Crippen molar-refractivity contribution in [1.29, 1.82) is 0 Å². The molecule has 1 aromatic carbocycles. The van der Waals surface area contributed by atoms with Gasteiger partial charge >= 0.3 is 5.97 Å². The van der Waals surface area contributed by atoms with Crippen LogP contribution in [0.4, 0.5) is 0 Å². The van der Waals surface area contributed by atoms with Crippen LogP contribution in [0.15, 0.2) is 30.3 Å². The molecule has 1 aromatic rings. The van der Waals surface area contributed by atoms with E-state index in [1.807, 2.05) is 0 Å². The number of rotatable bonds is 6. The first-order valence-corrected chi connectivity index (χ1v) is 8.79. The lowest BCUT2D eigenvalue weighted by atomic mass is 9.86. The van der Waals surface area contributed by atoms with Gasteiger partial charge in [-0.05, 0) is 37.8 Å². The molecule has 6 nitrogen and oxygen atoms in total. The Kier molecular flexibility index (Phi) is 6.98. The van der Waals surface area contributed by atoms with Gasteiger partial charge in [-0.3, -0.25) is 9.59 Å². The molecule has 0 spiro atoms. The van der Waals surface area contributed by atoms with Crippen LogP contribution in [0.1, 0.15) is 49.9 Å². The van der Waals surface area contributed by atoms with Crippen LogP contribution in [-0.2, 0) is 14.3 Å². The van der Waals surface area contributed by atoms with Gasteiger partial charge in [-0.1, -0.05) is 38.0 Å². The lowest BCUT2D eigenvalue weighted by Crippen LogP contribution is -2.44. The van der Waals surface area contributed by atoms with Crippen molar-refractivity contribution < 1.29 is 19.1 Å². The summed E-state index contributed by atoms with van der Waals surface area (Å²) in [6.45, 7) is 3.33. The largest absolute Gasteiger partial charge is 0.454 e. The zero-order valence-corrected chi connectivity index (χ0v) is 14.8. The van der Waals surface area contributed by atoms with E-state index in [1.54, 1.807) is 30.3 Å². The maximum Gasteiger partial charge on any atom is 0.328 e. The van der Waals surface area contributed by atoms with Crippen LogP contribution in [0.3, 0.4) is 0 Å². The van der Waals surface area contributed by atoms with Crippen molar-refractivity contribution in [2.24, 2.45) is 5.92 Å². The summed E-state index contributed by atoms with van der Waals surface area (Å²) < 4.78 is 5.01. The highest BCUT2D eigenvalue weighted by Gasteiger charge is 2.24. The van der Waals surface area contributed by atoms with Crippen LogP contribution < -0.4 is 10.6 Å². The molecule has 1 aliphatic rings. The van der Waals surface area contributed by atoms with Gasteiger partial charge in [0.05, 0.1) is 0 Å². The van der Waals surface area contributed by atoms with E-state index in [-0.39, 0.29) is 24.5 Å². The summed E-state index contributed by atoms with van der Waals surface area (Å²) in [5.41, 5.74) is 0.464. The Morgan fingerprint density at radius 1 is 1.16 bits per heavy atom. The van der Waals surface area contributed by atoms with E-state index in [0.29, 0.717) is 11.5 Å². The van der Waals surface area contributed by atoms with Crippen molar-refractivity contribution in [2.75, 3.05) is 6.61 Å². The summed E-state index contributed by atoms with van der Waals surface area (Å²) in [5, 5.41) is 5.49. The number of ether oxygens (including phenoxy) is 1. The molecule has 3 atom stereocenters. The molecule has 0 saturated heterocycles. The number of hydrogen-bond acceptors (Lipinski definition) is 4. The third-order valence-corrected chi connectivity index (χ3v) is 4.54. The molecular formula is C19H26N2O4. The Morgan fingerprint density at radius 2 is 1.84 bits per heavy atom. The Balaban J connectivity index is 1.73.